The second kappa shape index (κ2) is 7.95. The van der Waals surface area contributed by atoms with E-state index in [1.54, 1.807) is 0 Å². The number of allylic oxidation sites excluding steroid dienone is 1. The van der Waals surface area contributed by atoms with Crippen LogP contribution in [-0.4, -0.2) is 18.7 Å². The molecule has 0 radical (unpaired) electrons. The molecule has 0 amide bonds. The summed E-state index contributed by atoms with van der Waals surface area (Å²) in [6.07, 6.45) is 4.09. The van der Waals surface area contributed by atoms with Gasteiger partial charge in [0, 0.05) is 18.2 Å². The van der Waals surface area contributed by atoms with Crippen LogP contribution in [-0.2, 0) is 17.7 Å². The van der Waals surface area contributed by atoms with Crippen molar-refractivity contribution in [3.05, 3.63) is 83.6 Å². The predicted molar refractivity (Wildman–Crippen MR) is 93.8 cm³/mol. The number of rotatable bonds is 7. The van der Waals surface area contributed by atoms with Crippen molar-refractivity contribution in [3.8, 4) is 0 Å². The standard InChI is InChI=1S/C20H24N2O/c1-2-21-19(14-17-11-7-4-8-12-17)20-15-18(22-23-20)13-16-9-5-3-6-10-16/h3-12,15,19-22H,2,13-14H2,1H3. The summed E-state index contributed by atoms with van der Waals surface area (Å²) in [4.78, 5) is 5.82. The molecule has 0 saturated carbocycles. The first-order valence-corrected chi connectivity index (χ1v) is 8.28. The van der Waals surface area contributed by atoms with E-state index in [1.807, 2.05) is 6.07 Å². The maximum absolute atomic E-state index is 5.82. The molecule has 23 heavy (non-hydrogen) atoms. The van der Waals surface area contributed by atoms with Crippen molar-refractivity contribution in [2.45, 2.75) is 31.9 Å². The summed E-state index contributed by atoms with van der Waals surface area (Å²) < 4.78 is 0. The van der Waals surface area contributed by atoms with Crippen molar-refractivity contribution < 1.29 is 4.84 Å². The van der Waals surface area contributed by atoms with Gasteiger partial charge in [0.2, 0.25) is 0 Å². The Morgan fingerprint density at radius 1 is 1.00 bits per heavy atom. The van der Waals surface area contributed by atoms with Gasteiger partial charge in [-0.1, -0.05) is 67.6 Å². The van der Waals surface area contributed by atoms with Gasteiger partial charge in [0.15, 0.2) is 0 Å². The molecule has 2 atom stereocenters. The highest BCUT2D eigenvalue weighted by atomic mass is 16.7. The number of hydroxylamine groups is 1. The number of benzene rings is 2. The van der Waals surface area contributed by atoms with Crippen molar-refractivity contribution in [3.63, 3.8) is 0 Å². The van der Waals surface area contributed by atoms with Crippen LogP contribution >= 0.6 is 0 Å². The zero-order valence-corrected chi connectivity index (χ0v) is 13.5. The maximum atomic E-state index is 5.82. The lowest BCUT2D eigenvalue weighted by atomic mass is 10.00. The molecule has 0 spiro atoms. The molecule has 2 N–H and O–H groups in total. The smallest absolute Gasteiger partial charge is 0.121 e. The van der Waals surface area contributed by atoms with Crippen molar-refractivity contribution in [1.82, 2.24) is 10.8 Å². The SMILES string of the molecule is CCNC(Cc1ccccc1)C1C=C(Cc2ccccc2)NO1. The molecule has 3 nitrogen and oxygen atoms in total. The van der Waals surface area contributed by atoms with E-state index in [2.05, 4.69) is 78.4 Å². The summed E-state index contributed by atoms with van der Waals surface area (Å²) in [5.74, 6) is 0. The molecule has 0 aliphatic carbocycles. The molecule has 3 rings (SSSR count). The average Bonchev–Trinajstić information content (AvgIpc) is 3.05. The van der Waals surface area contributed by atoms with Crippen molar-refractivity contribution in [2.24, 2.45) is 0 Å². The van der Waals surface area contributed by atoms with Crippen LogP contribution in [0.2, 0.25) is 0 Å². The molecular formula is C20H24N2O. The van der Waals surface area contributed by atoms with E-state index in [1.165, 1.54) is 11.1 Å². The fraction of sp³-hybridized carbons (Fsp3) is 0.300. The van der Waals surface area contributed by atoms with E-state index in [9.17, 15) is 0 Å². The quantitative estimate of drug-likeness (QED) is 0.824. The Hall–Kier alpha value is -2.10. The molecule has 2 unspecified atom stereocenters. The highest BCUT2D eigenvalue weighted by Gasteiger charge is 2.25. The molecular weight excluding hydrogens is 284 g/mol. The minimum absolute atomic E-state index is 0.0499. The van der Waals surface area contributed by atoms with Gasteiger partial charge in [-0.05, 0) is 30.2 Å². The highest BCUT2D eigenvalue weighted by Crippen LogP contribution is 2.17. The molecule has 1 heterocycles. The molecule has 2 aromatic rings. The van der Waals surface area contributed by atoms with Crippen LogP contribution in [0, 0.1) is 0 Å². The van der Waals surface area contributed by atoms with Gasteiger partial charge >= 0.3 is 0 Å². The van der Waals surface area contributed by atoms with Crippen molar-refractivity contribution >= 4 is 0 Å². The van der Waals surface area contributed by atoms with Crippen LogP contribution in [0.1, 0.15) is 18.1 Å². The third-order valence-corrected chi connectivity index (χ3v) is 4.09. The third kappa shape index (κ3) is 4.44. The summed E-state index contributed by atoms with van der Waals surface area (Å²) in [7, 11) is 0. The van der Waals surface area contributed by atoms with Crippen LogP contribution < -0.4 is 10.8 Å². The van der Waals surface area contributed by atoms with Crippen molar-refractivity contribution in [2.75, 3.05) is 6.54 Å². The number of likely N-dealkylation sites (N-methyl/N-ethyl adjacent to an activating group) is 1. The zero-order valence-electron chi connectivity index (χ0n) is 13.5. The van der Waals surface area contributed by atoms with Gasteiger partial charge in [0.1, 0.15) is 6.10 Å². The van der Waals surface area contributed by atoms with Gasteiger partial charge in [0.25, 0.3) is 0 Å². The molecule has 0 fully saturated rings. The van der Waals surface area contributed by atoms with Crippen LogP contribution in [0.5, 0.6) is 0 Å². The Kier molecular flexibility index (Phi) is 5.46. The molecule has 0 saturated heterocycles. The van der Waals surface area contributed by atoms with Gasteiger partial charge in [-0.3, -0.25) is 10.3 Å². The first-order valence-electron chi connectivity index (χ1n) is 8.28. The van der Waals surface area contributed by atoms with Gasteiger partial charge in [0.05, 0.1) is 0 Å². The highest BCUT2D eigenvalue weighted by molar-refractivity contribution is 5.24. The summed E-state index contributed by atoms with van der Waals surface area (Å²) in [5, 5.41) is 3.55. The van der Waals surface area contributed by atoms with Gasteiger partial charge < -0.3 is 5.32 Å². The fourth-order valence-corrected chi connectivity index (χ4v) is 2.95. The second-order valence-corrected chi connectivity index (χ2v) is 5.89. The lowest BCUT2D eigenvalue weighted by Gasteiger charge is -2.22. The zero-order chi connectivity index (χ0) is 15.9. The third-order valence-electron chi connectivity index (χ3n) is 4.09. The Balaban J connectivity index is 1.66. The second-order valence-electron chi connectivity index (χ2n) is 5.89. The summed E-state index contributed by atoms with van der Waals surface area (Å²) in [6, 6.07) is 21.3. The van der Waals surface area contributed by atoms with Gasteiger partial charge in [-0.15, -0.1) is 0 Å². The van der Waals surface area contributed by atoms with Crippen LogP contribution in [0.15, 0.2) is 72.4 Å². The normalized spacial score (nSPS) is 18.3. The molecule has 2 aromatic carbocycles. The van der Waals surface area contributed by atoms with Gasteiger partial charge in [-0.25, -0.2) is 0 Å². The fourth-order valence-electron chi connectivity index (χ4n) is 2.95. The van der Waals surface area contributed by atoms with Gasteiger partial charge in [-0.2, -0.15) is 0 Å². The molecule has 1 aliphatic rings. The van der Waals surface area contributed by atoms with E-state index in [4.69, 9.17) is 4.84 Å². The first kappa shape index (κ1) is 15.8. The topological polar surface area (TPSA) is 33.3 Å². The average molecular weight is 308 g/mol. The molecule has 0 bridgehead atoms. The van der Waals surface area contributed by atoms with E-state index in [0.29, 0.717) is 0 Å². The Bertz CT molecular complexity index is 625. The molecule has 0 aromatic heterocycles. The first-order chi connectivity index (χ1) is 11.3. The largest absolute Gasteiger partial charge is 0.311 e. The molecule has 120 valence electrons. The Labute approximate surface area is 138 Å². The van der Waals surface area contributed by atoms with Crippen molar-refractivity contribution in [1.29, 1.82) is 0 Å². The van der Waals surface area contributed by atoms with E-state index >= 15 is 0 Å². The van der Waals surface area contributed by atoms with E-state index in [-0.39, 0.29) is 12.1 Å². The summed E-state index contributed by atoms with van der Waals surface area (Å²) in [6.45, 7) is 3.06. The predicted octanol–water partition coefficient (Wildman–Crippen LogP) is 3.24. The van der Waals surface area contributed by atoms with Crippen LogP contribution in [0.4, 0.5) is 0 Å². The number of nitrogens with one attached hydrogen (secondary N) is 2. The van der Waals surface area contributed by atoms with Crippen LogP contribution in [0.3, 0.4) is 0 Å². The molecule has 3 heteroatoms. The minimum Gasteiger partial charge on any atom is -0.311 e. The monoisotopic (exact) mass is 308 g/mol. The summed E-state index contributed by atoms with van der Waals surface area (Å²) in [5.41, 5.74) is 6.85. The van der Waals surface area contributed by atoms with E-state index in [0.717, 1.165) is 25.1 Å². The Morgan fingerprint density at radius 2 is 1.65 bits per heavy atom. The number of hydrogen-bond acceptors (Lipinski definition) is 3. The number of hydrogen-bond donors (Lipinski definition) is 2. The lowest BCUT2D eigenvalue weighted by molar-refractivity contribution is 0.0207. The lowest BCUT2D eigenvalue weighted by Crippen LogP contribution is -2.41. The van der Waals surface area contributed by atoms with Crippen LogP contribution in [0.25, 0.3) is 0 Å². The van der Waals surface area contributed by atoms with E-state index < -0.39 is 0 Å². The Morgan fingerprint density at radius 3 is 2.30 bits per heavy atom. The summed E-state index contributed by atoms with van der Waals surface area (Å²) >= 11 is 0. The minimum atomic E-state index is 0.0499. The molecule has 1 aliphatic heterocycles. The maximum Gasteiger partial charge on any atom is 0.121 e.